The lowest BCUT2D eigenvalue weighted by molar-refractivity contribution is 0.825. The van der Waals surface area contributed by atoms with Crippen LogP contribution in [-0.4, -0.2) is 14.6 Å². The average Bonchev–Trinajstić information content (AvgIpc) is 2.61. The van der Waals surface area contributed by atoms with Crippen molar-refractivity contribution in [2.24, 2.45) is 0 Å². The van der Waals surface area contributed by atoms with Crippen LogP contribution in [0.15, 0.2) is 3.92 Å². The number of hydrogen-bond acceptors (Lipinski definition) is 3. The summed E-state index contributed by atoms with van der Waals surface area (Å²) in [5, 5.41) is 4.38. The SMILES string of the molecule is CCCc1nc2sc(Br)nn2c1CC. The fraction of sp³-hybridized carbons (Fsp3) is 0.556. The van der Waals surface area contributed by atoms with Gasteiger partial charge in [-0.1, -0.05) is 31.6 Å². The van der Waals surface area contributed by atoms with Gasteiger partial charge in [-0.05, 0) is 28.8 Å². The van der Waals surface area contributed by atoms with Gasteiger partial charge in [0.1, 0.15) is 0 Å². The van der Waals surface area contributed by atoms with Crippen LogP contribution in [0.3, 0.4) is 0 Å². The molecule has 76 valence electrons. The summed E-state index contributed by atoms with van der Waals surface area (Å²) in [6.45, 7) is 4.33. The van der Waals surface area contributed by atoms with E-state index in [-0.39, 0.29) is 0 Å². The molecule has 0 aromatic carbocycles. The standard InChI is InChI=1S/C9H12BrN3S/c1-3-5-6-7(4-2)13-9(11-6)14-8(10)12-13/h3-5H2,1-2H3. The first kappa shape index (κ1) is 10.1. The zero-order chi connectivity index (χ0) is 10.1. The van der Waals surface area contributed by atoms with E-state index < -0.39 is 0 Å². The third kappa shape index (κ3) is 1.59. The predicted octanol–water partition coefficient (Wildman–Crippen LogP) is 3.07. The summed E-state index contributed by atoms with van der Waals surface area (Å²) in [6, 6.07) is 0. The van der Waals surface area contributed by atoms with Crippen molar-refractivity contribution in [1.29, 1.82) is 0 Å². The second-order valence-corrected chi connectivity index (χ2v) is 5.39. The van der Waals surface area contributed by atoms with Crippen molar-refractivity contribution in [3.8, 4) is 0 Å². The van der Waals surface area contributed by atoms with Crippen LogP contribution in [-0.2, 0) is 12.8 Å². The maximum Gasteiger partial charge on any atom is 0.213 e. The van der Waals surface area contributed by atoms with Gasteiger partial charge in [0.05, 0.1) is 11.4 Å². The van der Waals surface area contributed by atoms with Crippen molar-refractivity contribution in [3.05, 3.63) is 15.3 Å². The summed E-state index contributed by atoms with van der Waals surface area (Å²) in [4.78, 5) is 5.58. The first-order valence-corrected chi connectivity index (χ1v) is 6.40. The number of aromatic nitrogens is 3. The highest BCUT2D eigenvalue weighted by Gasteiger charge is 2.13. The maximum absolute atomic E-state index is 4.58. The molecule has 0 bridgehead atoms. The Labute approximate surface area is 95.3 Å². The smallest absolute Gasteiger partial charge is 0.213 e. The monoisotopic (exact) mass is 273 g/mol. The summed E-state index contributed by atoms with van der Waals surface area (Å²) in [6.07, 6.45) is 3.18. The molecule has 0 saturated carbocycles. The van der Waals surface area contributed by atoms with Crippen molar-refractivity contribution in [2.45, 2.75) is 33.1 Å². The van der Waals surface area contributed by atoms with Gasteiger partial charge in [-0.15, -0.1) is 5.10 Å². The molecule has 0 amide bonds. The molecule has 0 aliphatic heterocycles. The Morgan fingerprint density at radius 3 is 2.86 bits per heavy atom. The third-order valence-electron chi connectivity index (χ3n) is 2.18. The molecule has 0 aliphatic rings. The van der Waals surface area contributed by atoms with E-state index in [0.717, 1.165) is 28.1 Å². The summed E-state index contributed by atoms with van der Waals surface area (Å²) in [5.41, 5.74) is 2.46. The van der Waals surface area contributed by atoms with E-state index in [0.29, 0.717) is 0 Å². The molecule has 2 aromatic rings. The molecule has 0 N–H and O–H groups in total. The van der Waals surface area contributed by atoms with E-state index in [1.54, 1.807) is 11.3 Å². The maximum atomic E-state index is 4.58. The third-order valence-corrected chi connectivity index (χ3v) is 3.52. The van der Waals surface area contributed by atoms with Crippen molar-refractivity contribution in [1.82, 2.24) is 14.6 Å². The van der Waals surface area contributed by atoms with Crippen LogP contribution in [0.1, 0.15) is 31.7 Å². The van der Waals surface area contributed by atoms with Crippen molar-refractivity contribution in [2.75, 3.05) is 0 Å². The van der Waals surface area contributed by atoms with Crippen LogP contribution in [0, 0.1) is 0 Å². The molecule has 2 heterocycles. The topological polar surface area (TPSA) is 30.2 Å². The van der Waals surface area contributed by atoms with Gasteiger partial charge >= 0.3 is 0 Å². The Kier molecular flexibility index (Phi) is 2.88. The average molecular weight is 274 g/mol. The van der Waals surface area contributed by atoms with Crippen LogP contribution in [0.25, 0.3) is 4.96 Å². The highest BCUT2D eigenvalue weighted by molar-refractivity contribution is 9.11. The molecule has 2 aromatic heterocycles. The van der Waals surface area contributed by atoms with Crippen LogP contribution >= 0.6 is 27.3 Å². The van der Waals surface area contributed by atoms with Gasteiger partial charge in [0, 0.05) is 0 Å². The second-order valence-electron chi connectivity index (χ2n) is 3.16. The number of halogens is 1. The van der Waals surface area contributed by atoms with Crippen molar-refractivity contribution in [3.63, 3.8) is 0 Å². The van der Waals surface area contributed by atoms with E-state index >= 15 is 0 Å². The number of aryl methyl sites for hydroxylation is 2. The largest absolute Gasteiger partial charge is 0.222 e. The zero-order valence-electron chi connectivity index (χ0n) is 8.25. The van der Waals surface area contributed by atoms with Crippen LogP contribution in [0.2, 0.25) is 0 Å². The van der Waals surface area contributed by atoms with Crippen molar-refractivity contribution < 1.29 is 0 Å². The van der Waals surface area contributed by atoms with E-state index in [1.165, 1.54) is 11.4 Å². The molecule has 5 heteroatoms. The molecule has 0 unspecified atom stereocenters. The minimum absolute atomic E-state index is 0.901. The molecule has 0 fully saturated rings. The van der Waals surface area contributed by atoms with E-state index in [9.17, 15) is 0 Å². The molecule has 2 rings (SSSR count). The number of imidazole rings is 1. The van der Waals surface area contributed by atoms with Gasteiger partial charge in [-0.25, -0.2) is 9.50 Å². The molecular weight excluding hydrogens is 262 g/mol. The van der Waals surface area contributed by atoms with Gasteiger partial charge in [-0.2, -0.15) is 0 Å². The molecule has 0 radical (unpaired) electrons. The quantitative estimate of drug-likeness (QED) is 0.861. The Morgan fingerprint density at radius 2 is 2.21 bits per heavy atom. The minimum atomic E-state index is 0.901. The summed E-state index contributed by atoms with van der Waals surface area (Å²) in [5.74, 6) is 0. The molecular formula is C9H12BrN3S. The lowest BCUT2D eigenvalue weighted by atomic mass is 10.2. The predicted molar refractivity (Wildman–Crippen MR) is 61.9 cm³/mol. The Morgan fingerprint density at radius 1 is 1.43 bits per heavy atom. The normalized spacial score (nSPS) is 11.4. The highest BCUT2D eigenvalue weighted by atomic mass is 79.9. The first-order valence-electron chi connectivity index (χ1n) is 4.79. The number of nitrogens with zero attached hydrogens (tertiary/aromatic N) is 3. The number of fused-ring (bicyclic) bond motifs is 1. The Balaban J connectivity index is 2.56. The molecule has 0 spiro atoms. The minimum Gasteiger partial charge on any atom is -0.222 e. The van der Waals surface area contributed by atoms with E-state index in [2.05, 4.69) is 39.9 Å². The first-order chi connectivity index (χ1) is 6.76. The van der Waals surface area contributed by atoms with Crippen LogP contribution < -0.4 is 0 Å². The van der Waals surface area contributed by atoms with Crippen LogP contribution in [0.4, 0.5) is 0 Å². The Bertz CT molecular complexity index is 446. The summed E-state index contributed by atoms with van der Waals surface area (Å²) >= 11 is 4.96. The van der Waals surface area contributed by atoms with Gasteiger partial charge in [-0.3, -0.25) is 0 Å². The van der Waals surface area contributed by atoms with Crippen molar-refractivity contribution >= 4 is 32.2 Å². The van der Waals surface area contributed by atoms with Gasteiger partial charge in [0.2, 0.25) is 4.96 Å². The van der Waals surface area contributed by atoms with E-state index in [4.69, 9.17) is 0 Å². The fourth-order valence-electron chi connectivity index (χ4n) is 1.60. The fourth-order valence-corrected chi connectivity index (χ4v) is 2.86. The molecule has 0 aliphatic carbocycles. The summed E-state index contributed by atoms with van der Waals surface area (Å²) in [7, 11) is 0. The van der Waals surface area contributed by atoms with Gasteiger partial charge < -0.3 is 0 Å². The summed E-state index contributed by atoms with van der Waals surface area (Å²) < 4.78 is 2.86. The molecule has 0 atom stereocenters. The number of rotatable bonds is 3. The van der Waals surface area contributed by atoms with Gasteiger partial charge in [0.15, 0.2) is 3.92 Å². The lowest BCUT2D eigenvalue weighted by Gasteiger charge is -1.96. The van der Waals surface area contributed by atoms with Gasteiger partial charge in [0.25, 0.3) is 0 Å². The van der Waals surface area contributed by atoms with Crippen LogP contribution in [0.5, 0.6) is 0 Å². The lowest BCUT2D eigenvalue weighted by Crippen LogP contribution is -1.95. The zero-order valence-corrected chi connectivity index (χ0v) is 10.7. The number of hydrogen-bond donors (Lipinski definition) is 0. The van der Waals surface area contributed by atoms with E-state index in [1.807, 2.05) is 4.52 Å². The molecule has 3 nitrogen and oxygen atoms in total. The molecule has 0 saturated heterocycles. The Hall–Kier alpha value is -0.420. The second kappa shape index (κ2) is 3.98. The molecule has 14 heavy (non-hydrogen) atoms. The highest BCUT2D eigenvalue weighted by Crippen LogP contribution is 2.23.